The molecule has 0 aromatic heterocycles. The van der Waals surface area contributed by atoms with Crippen LogP contribution in [0, 0.1) is 5.92 Å². The van der Waals surface area contributed by atoms with Crippen molar-refractivity contribution in [1.82, 2.24) is 0 Å². The van der Waals surface area contributed by atoms with Crippen LogP contribution in [-0.2, 0) is 9.84 Å². The molecule has 0 spiro atoms. The fraction of sp³-hybridized carbons (Fsp3) is 0.875. The SMILES string of the molecule is CCC(/C(=N/O)C1CC1)S(C)(=O)=O. The zero-order valence-corrected chi connectivity index (χ0v) is 8.71. The van der Waals surface area contributed by atoms with Crippen LogP contribution in [0.3, 0.4) is 0 Å². The third kappa shape index (κ3) is 2.43. The van der Waals surface area contributed by atoms with E-state index in [9.17, 15) is 8.42 Å². The van der Waals surface area contributed by atoms with E-state index in [0.29, 0.717) is 12.1 Å². The topological polar surface area (TPSA) is 66.7 Å². The molecule has 0 aliphatic heterocycles. The van der Waals surface area contributed by atoms with Gasteiger partial charge < -0.3 is 5.21 Å². The summed E-state index contributed by atoms with van der Waals surface area (Å²) in [6.07, 6.45) is 3.57. The molecule has 1 unspecified atom stereocenters. The Balaban J connectivity index is 2.87. The van der Waals surface area contributed by atoms with Gasteiger partial charge >= 0.3 is 0 Å². The van der Waals surface area contributed by atoms with Gasteiger partial charge in [0.05, 0.1) is 5.71 Å². The first-order chi connectivity index (χ1) is 6.00. The van der Waals surface area contributed by atoms with Gasteiger partial charge in [-0.05, 0) is 19.3 Å². The molecule has 76 valence electrons. The summed E-state index contributed by atoms with van der Waals surface area (Å²) in [5, 5.41) is 11.3. The van der Waals surface area contributed by atoms with Gasteiger partial charge in [0.1, 0.15) is 5.25 Å². The highest BCUT2D eigenvalue weighted by Gasteiger charge is 2.37. The van der Waals surface area contributed by atoms with Crippen LogP contribution < -0.4 is 0 Å². The molecule has 0 bridgehead atoms. The molecular formula is C8H15NO3S. The average molecular weight is 205 g/mol. The van der Waals surface area contributed by atoms with Crippen LogP contribution >= 0.6 is 0 Å². The monoisotopic (exact) mass is 205 g/mol. The fourth-order valence-corrected chi connectivity index (χ4v) is 2.80. The quantitative estimate of drug-likeness (QED) is 0.424. The summed E-state index contributed by atoms with van der Waals surface area (Å²) < 4.78 is 22.6. The maximum Gasteiger partial charge on any atom is 0.155 e. The zero-order chi connectivity index (χ0) is 10.1. The van der Waals surface area contributed by atoms with Gasteiger partial charge in [-0.25, -0.2) is 8.42 Å². The van der Waals surface area contributed by atoms with Crippen LogP contribution in [-0.4, -0.2) is 30.8 Å². The minimum Gasteiger partial charge on any atom is -0.411 e. The summed E-state index contributed by atoms with van der Waals surface area (Å²) in [6, 6.07) is 0. The number of sulfone groups is 1. The summed E-state index contributed by atoms with van der Waals surface area (Å²) in [4.78, 5) is 0. The molecule has 13 heavy (non-hydrogen) atoms. The van der Waals surface area contributed by atoms with Crippen LogP contribution in [0.5, 0.6) is 0 Å². The largest absolute Gasteiger partial charge is 0.411 e. The molecule has 1 saturated carbocycles. The van der Waals surface area contributed by atoms with Crippen molar-refractivity contribution < 1.29 is 13.6 Å². The molecule has 0 aromatic rings. The van der Waals surface area contributed by atoms with Crippen LogP contribution in [0.4, 0.5) is 0 Å². The van der Waals surface area contributed by atoms with Crippen molar-refractivity contribution in [2.24, 2.45) is 11.1 Å². The van der Waals surface area contributed by atoms with Crippen LogP contribution in [0.25, 0.3) is 0 Å². The van der Waals surface area contributed by atoms with E-state index in [1.807, 2.05) is 0 Å². The average Bonchev–Trinajstić information content (AvgIpc) is 2.79. The standard InChI is InChI=1S/C8H15NO3S/c1-3-7(13(2,11)12)8(9-10)6-4-5-6/h6-7,10H,3-5H2,1-2H3/b9-8+. The van der Waals surface area contributed by atoms with Crippen molar-refractivity contribution in [1.29, 1.82) is 0 Å². The third-order valence-electron chi connectivity index (χ3n) is 2.33. The predicted octanol–water partition coefficient (Wildman–Crippen LogP) is 1.05. The van der Waals surface area contributed by atoms with Gasteiger partial charge in [0.25, 0.3) is 0 Å². The van der Waals surface area contributed by atoms with E-state index in [-0.39, 0.29) is 5.92 Å². The van der Waals surface area contributed by atoms with E-state index >= 15 is 0 Å². The van der Waals surface area contributed by atoms with Gasteiger partial charge in [-0.3, -0.25) is 0 Å². The van der Waals surface area contributed by atoms with Gasteiger partial charge in [-0.1, -0.05) is 12.1 Å². The van der Waals surface area contributed by atoms with Gasteiger partial charge in [-0.2, -0.15) is 0 Å². The van der Waals surface area contributed by atoms with E-state index in [2.05, 4.69) is 5.16 Å². The lowest BCUT2D eigenvalue weighted by Gasteiger charge is -2.13. The Hall–Kier alpha value is -0.580. The molecule has 0 heterocycles. The molecule has 0 aromatic carbocycles. The highest BCUT2D eigenvalue weighted by Crippen LogP contribution is 2.33. The maximum atomic E-state index is 11.3. The second-order valence-electron chi connectivity index (χ2n) is 3.53. The number of oxime groups is 1. The fourth-order valence-electron chi connectivity index (χ4n) is 1.52. The smallest absolute Gasteiger partial charge is 0.155 e. The van der Waals surface area contributed by atoms with Crippen LogP contribution in [0.1, 0.15) is 26.2 Å². The van der Waals surface area contributed by atoms with E-state index in [4.69, 9.17) is 5.21 Å². The van der Waals surface area contributed by atoms with Gasteiger partial charge in [0, 0.05) is 12.2 Å². The second-order valence-corrected chi connectivity index (χ2v) is 5.75. The number of hydrogen-bond donors (Lipinski definition) is 1. The lowest BCUT2D eigenvalue weighted by molar-refractivity contribution is 0.315. The molecule has 0 saturated heterocycles. The minimum atomic E-state index is -3.12. The lowest BCUT2D eigenvalue weighted by Crippen LogP contribution is -2.30. The third-order valence-corrected chi connectivity index (χ3v) is 3.94. The molecule has 0 amide bonds. The molecule has 1 N–H and O–H groups in total. The molecule has 1 aliphatic rings. The first kappa shape index (κ1) is 10.5. The van der Waals surface area contributed by atoms with Crippen LogP contribution in [0.2, 0.25) is 0 Å². The molecule has 1 fully saturated rings. The number of rotatable bonds is 4. The van der Waals surface area contributed by atoms with E-state index in [1.54, 1.807) is 6.92 Å². The van der Waals surface area contributed by atoms with E-state index in [0.717, 1.165) is 12.8 Å². The highest BCUT2D eigenvalue weighted by molar-refractivity contribution is 7.92. The first-order valence-corrected chi connectivity index (χ1v) is 6.36. The van der Waals surface area contributed by atoms with Crippen LogP contribution in [0.15, 0.2) is 5.16 Å². The Kier molecular flexibility index (Phi) is 2.95. The lowest BCUT2D eigenvalue weighted by atomic mass is 10.1. The Labute approximate surface area is 78.6 Å². The minimum absolute atomic E-state index is 0.199. The molecular weight excluding hydrogens is 190 g/mol. The predicted molar refractivity (Wildman–Crippen MR) is 50.9 cm³/mol. The van der Waals surface area contributed by atoms with Crippen molar-refractivity contribution in [2.45, 2.75) is 31.4 Å². The Morgan fingerprint density at radius 3 is 2.38 bits per heavy atom. The Morgan fingerprint density at radius 1 is 1.62 bits per heavy atom. The van der Waals surface area contributed by atoms with E-state index < -0.39 is 15.1 Å². The van der Waals surface area contributed by atoms with Crippen molar-refractivity contribution in [3.05, 3.63) is 0 Å². The maximum absolute atomic E-state index is 11.3. The summed E-state index contributed by atoms with van der Waals surface area (Å²) >= 11 is 0. The van der Waals surface area contributed by atoms with Gasteiger partial charge in [-0.15, -0.1) is 0 Å². The van der Waals surface area contributed by atoms with Gasteiger partial charge in [0.15, 0.2) is 9.84 Å². The van der Waals surface area contributed by atoms with Crippen molar-refractivity contribution in [3.8, 4) is 0 Å². The molecule has 4 nitrogen and oxygen atoms in total. The number of nitrogens with zero attached hydrogens (tertiary/aromatic N) is 1. The molecule has 1 aliphatic carbocycles. The molecule has 1 rings (SSSR count). The normalized spacial score (nSPS) is 21.5. The van der Waals surface area contributed by atoms with Crippen molar-refractivity contribution in [3.63, 3.8) is 0 Å². The first-order valence-electron chi connectivity index (χ1n) is 4.41. The molecule has 0 radical (unpaired) electrons. The number of hydrogen-bond acceptors (Lipinski definition) is 4. The van der Waals surface area contributed by atoms with E-state index in [1.165, 1.54) is 6.26 Å². The van der Waals surface area contributed by atoms with Gasteiger partial charge in [0.2, 0.25) is 0 Å². The molecule has 1 atom stereocenters. The highest BCUT2D eigenvalue weighted by atomic mass is 32.2. The van der Waals surface area contributed by atoms with Crippen molar-refractivity contribution >= 4 is 15.5 Å². The summed E-state index contributed by atoms with van der Waals surface area (Å²) in [5.41, 5.74) is 0.449. The Morgan fingerprint density at radius 2 is 2.15 bits per heavy atom. The summed E-state index contributed by atoms with van der Waals surface area (Å²) in [7, 11) is -3.12. The summed E-state index contributed by atoms with van der Waals surface area (Å²) in [5.74, 6) is 0.199. The Bertz CT molecular complexity index is 303. The second kappa shape index (κ2) is 3.65. The van der Waals surface area contributed by atoms with Crippen molar-refractivity contribution in [2.75, 3.05) is 6.26 Å². The summed E-state index contributed by atoms with van der Waals surface area (Å²) in [6.45, 7) is 1.79. The zero-order valence-electron chi connectivity index (χ0n) is 7.90. The molecule has 5 heteroatoms.